The third-order valence-electron chi connectivity index (χ3n) is 5.46. The van der Waals surface area contributed by atoms with Crippen LogP contribution < -0.4 is 14.8 Å². The van der Waals surface area contributed by atoms with Gasteiger partial charge in [-0.3, -0.25) is 4.79 Å². The highest BCUT2D eigenvalue weighted by atomic mass is 79.9. The van der Waals surface area contributed by atoms with Crippen LogP contribution in [0.15, 0.2) is 53.0 Å². The number of hydrogen-bond acceptors (Lipinski definition) is 6. The summed E-state index contributed by atoms with van der Waals surface area (Å²) in [5.74, 6) is 0.418. The third-order valence-corrected chi connectivity index (χ3v) is 7.01. The predicted molar refractivity (Wildman–Crippen MR) is 149 cm³/mol. The summed E-state index contributed by atoms with van der Waals surface area (Å²) in [6, 6.07) is 13.2. The van der Waals surface area contributed by atoms with Crippen molar-refractivity contribution in [2.24, 2.45) is 0 Å². The number of hydrogen-bond donors (Lipinski definition) is 1. The molecule has 0 aliphatic heterocycles. The van der Waals surface area contributed by atoms with Crippen LogP contribution in [0, 0.1) is 6.92 Å². The largest absolute Gasteiger partial charge is 0.493 e. The van der Waals surface area contributed by atoms with Gasteiger partial charge in [0, 0.05) is 21.0 Å². The second-order valence-electron chi connectivity index (χ2n) is 8.02. The molecule has 0 bridgehead atoms. The van der Waals surface area contributed by atoms with Crippen molar-refractivity contribution < 1.29 is 23.8 Å². The number of aryl methyl sites for hydroxylation is 1. The molecule has 6 nitrogen and oxygen atoms in total. The van der Waals surface area contributed by atoms with Gasteiger partial charge in [-0.2, -0.15) is 0 Å². The lowest BCUT2D eigenvalue weighted by Crippen LogP contribution is -2.11. The van der Waals surface area contributed by atoms with E-state index in [2.05, 4.69) is 28.2 Å². The maximum atomic E-state index is 12.8. The zero-order valence-corrected chi connectivity index (χ0v) is 23.3. The topological polar surface area (TPSA) is 73.9 Å². The lowest BCUT2D eigenvalue weighted by molar-refractivity contribution is -0.111. The highest BCUT2D eigenvalue weighted by molar-refractivity contribution is 9.10. The van der Waals surface area contributed by atoms with Crippen LogP contribution in [0.1, 0.15) is 47.0 Å². The molecule has 8 heteroatoms. The van der Waals surface area contributed by atoms with Crippen LogP contribution in [-0.4, -0.2) is 32.7 Å². The summed E-state index contributed by atoms with van der Waals surface area (Å²) in [6.45, 7) is 4.69. The molecule has 0 aliphatic carbocycles. The number of halogens is 1. The zero-order chi connectivity index (χ0) is 26.1. The Balaban J connectivity index is 1.78. The molecule has 190 valence electrons. The van der Waals surface area contributed by atoms with E-state index in [-0.39, 0.29) is 5.91 Å². The maximum Gasteiger partial charge on any atom is 0.341 e. The molecule has 0 spiro atoms. The summed E-state index contributed by atoms with van der Waals surface area (Å²) in [7, 11) is 2.92. The Morgan fingerprint density at radius 3 is 2.47 bits per heavy atom. The minimum absolute atomic E-state index is 0.343. The van der Waals surface area contributed by atoms with Gasteiger partial charge in [0.15, 0.2) is 11.5 Å². The molecule has 0 fully saturated rings. The number of carbonyl (C=O) groups is 2. The van der Waals surface area contributed by atoms with Gasteiger partial charge in [-0.25, -0.2) is 4.79 Å². The van der Waals surface area contributed by atoms with E-state index in [1.807, 2.05) is 49.4 Å². The van der Waals surface area contributed by atoms with Gasteiger partial charge in [0.2, 0.25) is 5.91 Å². The maximum absolute atomic E-state index is 12.8. The molecule has 1 amide bonds. The molecule has 3 rings (SSSR count). The number of thiophene rings is 1. The number of unbranched alkanes of at least 4 members (excludes halogenated alkanes) is 2. The van der Waals surface area contributed by atoms with E-state index in [1.54, 1.807) is 13.2 Å². The van der Waals surface area contributed by atoms with Crippen LogP contribution in [0.5, 0.6) is 11.5 Å². The molecule has 1 aromatic heterocycles. The van der Waals surface area contributed by atoms with Crippen molar-refractivity contribution in [2.75, 3.05) is 26.1 Å². The fourth-order valence-corrected chi connectivity index (χ4v) is 4.99. The van der Waals surface area contributed by atoms with Crippen molar-refractivity contribution in [1.29, 1.82) is 0 Å². The van der Waals surface area contributed by atoms with Crippen molar-refractivity contribution in [1.82, 2.24) is 0 Å². The fraction of sp³-hybridized carbons (Fsp3) is 0.286. The average Bonchev–Trinajstić information content (AvgIpc) is 3.20. The lowest BCUT2D eigenvalue weighted by atomic mass is 10.0. The lowest BCUT2D eigenvalue weighted by Gasteiger charge is -2.11. The van der Waals surface area contributed by atoms with E-state index in [1.165, 1.54) is 24.5 Å². The summed E-state index contributed by atoms with van der Waals surface area (Å²) >= 11 is 4.77. The molecule has 2 aromatic carbocycles. The van der Waals surface area contributed by atoms with Crippen LogP contribution in [-0.2, 0) is 9.53 Å². The molecule has 0 saturated heterocycles. The molecular weight excluding hydrogens is 542 g/mol. The van der Waals surface area contributed by atoms with E-state index in [0.717, 1.165) is 45.3 Å². The van der Waals surface area contributed by atoms with Gasteiger partial charge in [-0.15, -0.1) is 11.3 Å². The Hall–Kier alpha value is -3.10. The van der Waals surface area contributed by atoms with Gasteiger partial charge in [0.05, 0.1) is 20.8 Å². The van der Waals surface area contributed by atoms with Crippen molar-refractivity contribution in [3.8, 4) is 22.6 Å². The number of esters is 1. The molecule has 0 saturated carbocycles. The molecular formula is C28H30BrNO5S. The quantitative estimate of drug-likeness (QED) is 0.146. The number of anilines is 1. The molecule has 0 unspecified atom stereocenters. The monoisotopic (exact) mass is 571 g/mol. The molecule has 0 atom stereocenters. The highest BCUT2D eigenvalue weighted by Crippen LogP contribution is 2.40. The first-order valence-electron chi connectivity index (χ1n) is 11.7. The van der Waals surface area contributed by atoms with Crippen molar-refractivity contribution >= 4 is 50.2 Å². The van der Waals surface area contributed by atoms with Crippen LogP contribution in [0.4, 0.5) is 5.00 Å². The summed E-state index contributed by atoms with van der Waals surface area (Å²) in [5, 5.41) is 3.29. The smallest absolute Gasteiger partial charge is 0.341 e. The van der Waals surface area contributed by atoms with Gasteiger partial charge >= 0.3 is 5.97 Å². The number of amides is 1. The first-order valence-corrected chi connectivity index (χ1v) is 13.3. The van der Waals surface area contributed by atoms with E-state index in [0.29, 0.717) is 28.7 Å². The van der Waals surface area contributed by atoms with Crippen LogP contribution in [0.2, 0.25) is 0 Å². The van der Waals surface area contributed by atoms with E-state index in [4.69, 9.17) is 14.2 Å². The van der Waals surface area contributed by atoms with Gasteiger partial charge < -0.3 is 19.5 Å². The first-order chi connectivity index (χ1) is 17.4. The Kier molecular flexibility index (Phi) is 10.1. The molecule has 36 heavy (non-hydrogen) atoms. The van der Waals surface area contributed by atoms with Crippen LogP contribution >= 0.6 is 27.3 Å². The third kappa shape index (κ3) is 6.98. The molecule has 0 radical (unpaired) electrons. The Bertz CT molecular complexity index is 1230. The summed E-state index contributed by atoms with van der Waals surface area (Å²) in [4.78, 5) is 26.3. The fourth-order valence-electron chi connectivity index (χ4n) is 3.66. The minimum atomic E-state index is -0.504. The Morgan fingerprint density at radius 1 is 1.06 bits per heavy atom. The second-order valence-corrected chi connectivity index (χ2v) is 10.2. The van der Waals surface area contributed by atoms with Crippen molar-refractivity contribution in [3.05, 3.63) is 69.0 Å². The second kappa shape index (κ2) is 13.3. The Morgan fingerprint density at radius 2 is 1.81 bits per heavy atom. The van der Waals surface area contributed by atoms with Gasteiger partial charge in [0.25, 0.3) is 0 Å². The van der Waals surface area contributed by atoms with Gasteiger partial charge in [-0.05, 0) is 54.8 Å². The van der Waals surface area contributed by atoms with E-state index >= 15 is 0 Å². The zero-order valence-electron chi connectivity index (χ0n) is 20.9. The molecule has 1 N–H and O–H groups in total. The minimum Gasteiger partial charge on any atom is -0.493 e. The number of nitrogens with one attached hydrogen (secondary N) is 1. The SMILES string of the molecule is CCCCCOc1ccc(/C=C/C(=O)Nc2sc(C)c(-c3ccc(Br)cc3)c2C(=O)OC)cc1OC. The predicted octanol–water partition coefficient (Wildman–Crippen LogP) is 7.50. The molecule has 0 aliphatic rings. The van der Waals surface area contributed by atoms with Crippen molar-refractivity contribution in [3.63, 3.8) is 0 Å². The molecule has 3 aromatic rings. The first kappa shape index (κ1) is 27.5. The van der Waals surface area contributed by atoms with Crippen LogP contribution in [0.3, 0.4) is 0 Å². The number of benzene rings is 2. The van der Waals surface area contributed by atoms with Gasteiger partial charge in [-0.1, -0.05) is 53.9 Å². The summed E-state index contributed by atoms with van der Waals surface area (Å²) < 4.78 is 17.2. The number of rotatable bonds is 11. The van der Waals surface area contributed by atoms with Crippen molar-refractivity contribution in [2.45, 2.75) is 33.1 Å². The summed E-state index contributed by atoms with van der Waals surface area (Å²) in [5.41, 5.74) is 2.75. The normalized spacial score (nSPS) is 10.9. The van der Waals surface area contributed by atoms with Gasteiger partial charge in [0.1, 0.15) is 10.6 Å². The molecule has 1 heterocycles. The van der Waals surface area contributed by atoms with E-state index < -0.39 is 5.97 Å². The van der Waals surface area contributed by atoms with Crippen LogP contribution in [0.25, 0.3) is 17.2 Å². The summed E-state index contributed by atoms with van der Waals surface area (Å²) in [6.07, 6.45) is 6.34. The standard InChI is InChI=1S/C28H30BrNO5S/c1-5-6-7-16-35-22-14-8-19(17-23(22)33-3)9-15-24(31)30-27-26(28(32)34-4)25(18(2)36-27)20-10-12-21(29)13-11-20/h8-15,17H,5-7,16H2,1-4H3,(H,30,31)/b15-9+. The number of carbonyl (C=O) groups excluding carboxylic acids is 2. The number of ether oxygens (including phenoxy) is 3. The van der Waals surface area contributed by atoms with E-state index in [9.17, 15) is 9.59 Å². The highest BCUT2D eigenvalue weighted by Gasteiger charge is 2.24. The average molecular weight is 573 g/mol. The Labute approximate surface area is 224 Å². The number of methoxy groups -OCH3 is 2.